The summed E-state index contributed by atoms with van der Waals surface area (Å²) in [5.41, 5.74) is 2.27. The zero-order valence-corrected chi connectivity index (χ0v) is 11.5. The molecule has 1 N–H and O–H groups in total. The van der Waals surface area contributed by atoms with Gasteiger partial charge >= 0.3 is 0 Å². The van der Waals surface area contributed by atoms with E-state index in [2.05, 4.69) is 44.5 Å². The van der Waals surface area contributed by atoms with Crippen molar-refractivity contribution in [2.45, 2.75) is 6.42 Å². The molecule has 0 bridgehead atoms. The molecule has 0 aliphatic heterocycles. The lowest BCUT2D eigenvalue weighted by Gasteiger charge is -2.07. The summed E-state index contributed by atoms with van der Waals surface area (Å²) in [6.45, 7) is 0.767. The van der Waals surface area contributed by atoms with Crippen molar-refractivity contribution >= 4 is 28.3 Å². The molecule has 3 rings (SSSR count). The van der Waals surface area contributed by atoms with Crippen LogP contribution in [0.25, 0.3) is 10.9 Å². The van der Waals surface area contributed by atoms with Crippen molar-refractivity contribution in [3.05, 3.63) is 59.6 Å². The number of aromatic nitrogens is 3. The highest BCUT2D eigenvalue weighted by Gasteiger charge is 2.02. The van der Waals surface area contributed by atoms with E-state index in [1.165, 1.54) is 5.56 Å². The number of hydrogen-bond acceptors (Lipinski definition) is 4. The summed E-state index contributed by atoms with van der Waals surface area (Å²) in [6, 6.07) is 12.1. The van der Waals surface area contributed by atoms with Gasteiger partial charge in [0.2, 0.25) is 5.28 Å². The zero-order chi connectivity index (χ0) is 13.8. The Kier molecular flexibility index (Phi) is 3.74. The first-order valence-corrected chi connectivity index (χ1v) is 6.76. The van der Waals surface area contributed by atoms with Crippen LogP contribution in [0.4, 0.5) is 5.82 Å². The molecule has 0 radical (unpaired) electrons. The fourth-order valence-electron chi connectivity index (χ4n) is 2.13. The third kappa shape index (κ3) is 2.86. The van der Waals surface area contributed by atoms with Gasteiger partial charge in [-0.1, -0.05) is 24.3 Å². The number of pyridine rings is 1. The van der Waals surface area contributed by atoms with Crippen molar-refractivity contribution in [2.24, 2.45) is 0 Å². The minimum Gasteiger partial charge on any atom is -0.370 e. The number of halogens is 1. The van der Waals surface area contributed by atoms with E-state index in [0.717, 1.165) is 29.7 Å². The van der Waals surface area contributed by atoms with Gasteiger partial charge in [0.15, 0.2) is 0 Å². The second-order valence-electron chi connectivity index (χ2n) is 4.38. The lowest BCUT2D eigenvalue weighted by atomic mass is 10.1. The van der Waals surface area contributed by atoms with Gasteiger partial charge in [0, 0.05) is 24.3 Å². The topological polar surface area (TPSA) is 50.7 Å². The van der Waals surface area contributed by atoms with E-state index in [4.69, 9.17) is 11.6 Å². The van der Waals surface area contributed by atoms with E-state index in [0.29, 0.717) is 0 Å². The maximum absolute atomic E-state index is 5.75. The van der Waals surface area contributed by atoms with Crippen LogP contribution in [0.5, 0.6) is 0 Å². The molecule has 0 saturated carbocycles. The molecule has 3 aromatic rings. The molecule has 0 aliphatic carbocycles. The van der Waals surface area contributed by atoms with Gasteiger partial charge in [0.05, 0.1) is 5.52 Å². The predicted molar refractivity (Wildman–Crippen MR) is 81.0 cm³/mol. The summed E-state index contributed by atoms with van der Waals surface area (Å²) in [5.74, 6) is 0.734. The molecule has 0 saturated heterocycles. The Balaban J connectivity index is 1.71. The first kappa shape index (κ1) is 12.8. The molecular formula is C15H13ClN4. The number of nitrogens with one attached hydrogen (secondary N) is 1. The van der Waals surface area contributed by atoms with E-state index in [-0.39, 0.29) is 5.28 Å². The normalized spacial score (nSPS) is 10.7. The smallest absolute Gasteiger partial charge is 0.224 e. The third-order valence-corrected chi connectivity index (χ3v) is 3.23. The fraction of sp³-hybridized carbons (Fsp3) is 0.133. The van der Waals surface area contributed by atoms with Gasteiger partial charge in [-0.25, -0.2) is 9.97 Å². The van der Waals surface area contributed by atoms with Gasteiger partial charge in [0.25, 0.3) is 0 Å². The Morgan fingerprint density at radius 2 is 1.90 bits per heavy atom. The molecule has 20 heavy (non-hydrogen) atoms. The highest BCUT2D eigenvalue weighted by atomic mass is 35.5. The number of anilines is 1. The van der Waals surface area contributed by atoms with Gasteiger partial charge in [-0.15, -0.1) is 0 Å². The molecule has 0 atom stereocenters. The minimum absolute atomic E-state index is 0.252. The van der Waals surface area contributed by atoms with Crippen molar-refractivity contribution in [3.63, 3.8) is 0 Å². The lowest BCUT2D eigenvalue weighted by molar-refractivity contribution is 1.00. The summed E-state index contributed by atoms with van der Waals surface area (Å²) in [7, 11) is 0. The second-order valence-corrected chi connectivity index (χ2v) is 4.72. The maximum atomic E-state index is 5.75. The molecule has 2 aromatic heterocycles. The molecule has 5 heteroatoms. The van der Waals surface area contributed by atoms with E-state index in [1.807, 2.05) is 12.3 Å². The summed E-state index contributed by atoms with van der Waals surface area (Å²) >= 11 is 5.75. The lowest BCUT2D eigenvalue weighted by Crippen LogP contribution is -2.07. The summed E-state index contributed by atoms with van der Waals surface area (Å²) < 4.78 is 0. The molecule has 0 amide bonds. The quantitative estimate of drug-likeness (QED) is 0.747. The highest BCUT2D eigenvalue weighted by molar-refractivity contribution is 6.28. The Labute approximate surface area is 121 Å². The minimum atomic E-state index is 0.252. The van der Waals surface area contributed by atoms with Crippen LogP contribution >= 0.6 is 11.6 Å². The fourth-order valence-corrected chi connectivity index (χ4v) is 2.28. The number of rotatable bonds is 4. The van der Waals surface area contributed by atoms with Crippen LogP contribution in [0.2, 0.25) is 5.28 Å². The van der Waals surface area contributed by atoms with Crippen molar-refractivity contribution in [3.8, 4) is 0 Å². The van der Waals surface area contributed by atoms with Crippen LogP contribution < -0.4 is 5.32 Å². The van der Waals surface area contributed by atoms with Crippen LogP contribution in [-0.4, -0.2) is 21.5 Å². The Hall–Kier alpha value is -2.20. The summed E-state index contributed by atoms with van der Waals surface area (Å²) in [4.78, 5) is 12.4. The number of para-hydroxylation sites is 1. The van der Waals surface area contributed by atoms with E-state index in [1.54, 1.807) is 12.3 Å². The monoisotopic (exact) mass is 284 g/mol. The Bertz CT molecular complexity index is 724. The predicted octanol–water partition coefficient (Wildman–Crippen LogP) is 3.33. The van der Waals surface area contributed by atoms with E-state index in [9.17, 15) is 0 Å². The average molecular weight is 285 g/mol. The molecule has 0 fully saturated rings. The molecule has 4 nitrogen and oxygen atoms in total. The molecular weight excluding hydrogens is 272 g/mol. The van der Waals surface area contributed by atoms with Crippen LogP contribution in [0.3, 0.4) is 0 Å². The molecule has 100 valence electrons. The van der Waals surface area contributed by atoms with Gasteiger partial charge in [-0.2, -0.15) is 0 Å². The second kappa shape index (κ2) is 5.84. The molecule has 0 aliphatic rings. The molecule has 2 heterocycles. The van der Waals surface area contributed by atoms with Crippen molar-refractivity contribution in [1.29, 1.82) is 0 Å². The molecule has 0 spiro atoms. The number of hydrogen-bond donors (Lipinski definition) is 1. The van der Waals surface area contributed by atoms with E-state index >= 15 is 0 Å². The van der Waals surface area contributed by atoms with Crippen LogP contribution in [0.1, 0.15) is 5.56 Å². The number of nitrogens with zero attached hydrogens (tertiary/aromatic N) is 3. The maximum Gasteiger partial charge on any atom is 0.224 e. The summed E-state index contributed by atoms with van der Waals surface area (Å²) in [5, 5.41) is 4.65. The third-order valence-electron chi connectivity index (χ3n) is 3.04. The standard InChI is InChI=1S/C15H13ClN4/c16-15-19-10-7-13(20-15)17-9-6-12-4-1-3-11-5-2-8-18-14(11)12/h1-5,7-8,10H,6,9H2,(H,17,19,20). The summed E-state index contributed by atoms with van der Waals surface area (Å²) in [6.07, 6.45) is 4.33. The Morgan fingerprint density at radius 3 is 2.80 bits per heavy atom. The van der Waals surface area contributed by atoms with Crippen molar-refractivity contribution in [1.82, 2.24) is 15.0 Å². The highest BCUT2D eigenvalue weighted by Crippen LogP contribution is 2.16. The van der Waals surface area contributed by atoms with Crippen molar-refractivity contribution in [2.75, 3.05) is 11.9 Å². The SMILES string of the molecule is Clc1nccc(NCCc2cccc3cccnc23)n1. The van der Waals surface area contributed by atoms with Gasteiger partial charge in [0.1, 0.15) is 5.82 Å². The zero-order valence-electron chi connectivity index (χ0n) is 10.8. The Morgan fingerprint density at radius 1 is 1.00 bits per heavy atom. The van der Waals surface area contributed by atoms with Gasteiger partial charge < -0.3 is 5.32 Å². The average Bonchev–Trinajstić information content (AvgIpc) is 2.48. The van der Waals surface area contributed by atoms with Crippen molar-refractivity contribution < 1.29 is 0 Å². The van der Waals surface area contributed by atoms with Gasteiger partial charge in [-0.05, 0) is 35.7 Å². The number of benzene rings is 1. The van der Waals surface area contributed by atoms with E-state index < -0.39 is 0 Å². The van der Waals surface area contributed by atoms with Gasteiger partial charge in [-0.3, -0.25) is 4.98 Å². The first-order valence-electron chi connectivity index (χ1n) is 6.38. The van der Waals surface area contributed by atoms with Crippen LogP contribution in [-0.2, 0) is 6.42 Å². The largest absolute Gasteiger partial charge is 0.370 e. The van der Waals surface area contributed by atoms with Crippen LogP contribution in [0.15, 0.2) is 48.8 Å². The molecule has 1 aromatic carbocycles. The molecule has 0 unspecified atom stereocenters. The van der Waals surface area contributed by atoms with Crippen LogP contribution in [0, 0.1) is 0 Å². The first-order chi connectivity index (χ1) is 9.83. The number of fused-ring (bicyclic) bond motifs is 1.